The third kappa shape index (κ3) is 4.39. The Kier molecular flexibility index (Phi) is 5.11. The molecular weight excluding hydrogens is 316 g/mol. The number of nitriles is 1. The second-order valence-electron chi connectivity index (χ2n) is 4.82. The molecule has 0 spiro atoms. The van der Waals surface area contributed by atoms with Gasteiger partial charge in [-0.25, -0.2) is 13.1 Å². The average molecular weight is 330 g/mol. The Hall–Kier alpha value is -2.69. The molecule has 0 aliphatic heterocycles. The summed E-state index contributed by atoms with van der Waals surface area (Å²) in [5.74, 6) is -1.11. The summed E-state index contributed by atoms with van der Waals surface area (Å²) in [6.45, 7) is 0. The molecule has 0 radical (unpaired) electrons. The number of carbonyl (C=O) groups is 1. The highest BCUT2D eigenvalue weighted by Gasteiger charge is 2.23. The quantitative estimate of drug-likeness (QED) is 0.843. The maximum absolute atomic E-state index is 12.4. The summed E-state index contributed by atoms with van der Waals surface area (Å²) in [5.41, 5.74) is 0.904. The highest BCUT2D eigenvalue weighted by atomic mass is 32.2. The molecule has 1 atom stereocenters. The Labute approximate surface area is 134 Å². The van der Waals surface area contributed by atoms with Crippen molar-refractivity contribution in [2.75, 3.05) is 0 Å². The lowest BCUT2D eigenvalue weighted by molar-refractivity contribution is -0.137. The molecule has 118 valence electrons. The number of benzene rings is 2. The van der Waals surface area contributed by atoms with Crippen LogP contribution in [0.25, 0.3) is 0 Å². The zero-order valence-corrected chi connectivity index (χ0v) is 12.8. The van der Waals surface area contributed by atoms with Crippen molar-refractivity contribution in [2.24, 2.45) is 0 Å². The van der Waals surface area contributed by atoms with Crippen LogP contribution in [0.4, 0.5) is 0 Å². The van der Waals surface area contributed by atoms with Crippen LogP contribution < -0.4 is 4.72 Å². The summed E-state index contributed by atoms with van der Waals surface area (Å²) in [6.07, 6.45) is -0.375. The molecule has 0 aromatic heterocycles. The number of carboxylic acids is 1. The number of aliphatic carboxylic acids is 1. The lowest BCUT2D eigenvalue weighted by atomic mass is 10.1. The summed E-state index contributed by atoms with van der Waals surface area (Å²) in [4.78, 5) is 11.0. The van der Waals surface area contributed by atoms with E-state index in [4.69, 9.17) is 10.4 Å². The van der Waals surface area contributed by atoms with Crippen molar-refractivity contribution < 1.29 is 18.3 Å². The van der Waals surface area contributed by atoms with E-state index in [0.717, 1.165) is 0 Å². The van der Waals surface area contributed by atoms with E-state index in [1.54, 1.807) is 30.3 Å². The second kappa shape index (κ2) is 7.05. The Morgan fingerprint density at radius 1 is 1.13 bits per heavy atom. The minimum Gasteiger partial charge on any atom is -0.481 e. The van der Waals surface area contributed by atoms with Gasteiger partial charge >= 0.3 is 5.97 Å². The van der Waals surface area contributed by atoms with Crippen molar-refractivity contribution in [1.82, 2.24) is 4.72 Å². The van der Waals surface area contributed by atoms with E-state index in [1.165, 1.54) is 24.3 Å². The van der Waals surface area contributed by atoms with E-state index in [1.807, 2.05) is 6.07 Å². The van der Waals surface area contributed by atoms with Crippen LogP contribution in [-0.2, 0) is 14.8 Å². The number of rotatable bonds is 6. The largest absolute Gasteiger partial charge is 0.481 e. The number of carboxylic acid groups (broad SMARTS) is 1. The predicted octanol–water partition coefficient (Wildman–Crippen LogP) is 2.05. The number of hydrogen-bond donors (Lipinski definition) is 2. The minimum absolute atomic E-state index is 0.0252. The first kappa shape index (κ1) is 16.7. The minimum atomic E-state index is -3.90. The van der Waals surface area contributed by atoms with Crippen molar-refractivity contribution in [1.29, 1.82) is 5.26 Å². The molecule has 0 amide bonds. The van der Waals surface area contributed by atoms with Gasteiger partial charge in [-0.3, -0.25) is 4.79 Å². The average Bonchev–Trinajstić information content (AvgIpc) is 2.54. The zero-order valence-electron chi connectivity index (χ0n) is 12.0. The van der Waals surface area contributed by atoms with E-state index in [9.17, 15) is 13.2 Å². The van der Waals surface area contributed by atoms with E-state index >= 15 is 0 Å². The second-order valence-corrected chi connectivity index (χ2v) is 6.53. The van der Waals surface area contributed by atoms with Crippen LogP contribution in [0.15, 0.2) is 59.5 Å². The van der Waals surface area contributed by atoms with Crippen molar-refractivity contribution >= 4 is 16.0 Å². The van der Waals surface area contributed by atoms with E-state index in [0.29, 0.717) is 11.1 Å². The fraction of sp³-hybridized carbons (Fsp3) is 0.125. The zero-order chi connectivity index (χ0) is 16.9. The first-order chi connectivity index (χ1) is 10.9. The predicted molar refractivity (Wildman–Crippen MR) is 82.9 cm³/mol. The third-order valence-electron chi connectivity index (χ3n) is 3.17. The van der Waals surface area contributed by atoms with Crippen molar-refractivity contribution in [3.05, 3.63) is 65.7 Å². The molecule has 2 aromatic carbocycles. The van der Waals surface area contributed by atoms with E-state index in [-0.39, 0.29) is 11.3 Å². The van der Waals surface area contributed by atoms with Gasteiger partial charge in [-0.2, -0.15) is 5.26 Å². The van der Waals surface area contributed by atoms with Gasteiger partial charge in [0.05, 0.1) is 29.0 Å². The lowest BCUT2D eigenvalue weighted by Gasteiger charge is -2.17. The van der Waals surface area contributed by atoms with Gasteiger partial charge in [-0.15, -0.1) is 0 Å². The Morgan fingerprint density at radius 3 is 2.26 bits per heavy atom. The fourth-order valence-electron chi connectivity index (χ4n) is 2.05. The maximum Gasteiger partial charge on any atom is 0.305 e. The molecule has 0 saturated carbocycles. The van der Waals surface area contributed by atoms with Crippen LogP contribution in [0.1, 0.15) is 23.6 Å². The monoisotopic (exact) mass is 330 g/mol. The van der Waals surface area contributed by atoms with Crippen LogP contribution >= 0.6 is 0 Å². The van der Waals surface area contributed by atoms with Crippen LogP contribution in [0.3, 0.4) is 0 Å². The molecule has 1 unspecified atom stereocenters. The molecule has 23 heavy (non-hydrogen) atoms. The molecule has 0 saturated heterocycles. The van der Waals surface area contributed by atoms with Crippen molar-refractivity contribution in [3.63, 3.8) is 0 Å². The van der Waals surface area contributed by atoms with Gasteiger partial charge in [0, 0.05) is 0 Å². The van der Waals surface area contributed by atoms with Gasteiger partial charge in [0.25, 0.3) is 0 Å². The molecule has 7 heteroatoms. The number of sulfonamides is 1. The topological polar surface area (TPSA) is 107 Å². The van der Waals surface area contributed by atoms with Crippen molar-refractivity contribution in [3.8, 4) is 6.07 Å². The van der Waals surface area contributed by atoms with Crippen LogP contribution in [0.2, 0.25) is 0 Å². The summed E-state index contributed by atoms with van der Waals surface area (Å²) in [6, 6.07) is 14.9. The Morgan fingerprint density at radius 2 is 1.74 bits per heavy atom. The van der Waals surface area contributed by atoms with Gasteiger partial charge in [0.15, 0.2) is 0 Å². The molecule has 2 aromatic rings. The molecule has 6 nitrogen and oxygen atoms in total. The summed E-state index contributed by atoms with van der Waals surface area (Å²) >= 11 is 0. The SMILES string of the molecule is N#Cc1ccc(S(=O)(=O)NC(CC(=O)O)c2ccccc2)cc1. The Bertz CT molecular complexity index is 825. The fourth-order valence-corrected chi connectivity index (χ4v) is 3.28. The van der Waals surface area contributed by atoms with Gasteiger partial charge in [-0.05, 0) is 29.8 Å². The molecule has 0 bridgehead atoms. The molecule has 2 rings (SSSR count). The van der Waals surface area contributed by atoms with Gasteiger partial charge in [0.2, 0.25) is 10.0 Å². The normalized spacial score (nSPS) is 12.3. The summed E-state index contributed by atoms with van der Waals surface area (Å²) in [7, 11) is -3.90. The third-order valence-corrected chi connectivity index (χ3v) is 4.66. The molecule has 0 fully saturated rings. The molecule has 0 aliphatic rings. The molecule has 0 heterocycles. The molecular formula is C16H14N2O4S. The van der Waals surface area contributed by atoms with Gasteiger partial charge in [-0.1, -0.05) is 30.3 Å². The highest BCUT2D eigenvalue weighted by Crippen LogP contribution is 2.20. The van der Waals surface area contributed by atoms with Crippen LogP contribution in [0.5, 0.6) is 0 Å². The standard InChI is InChI=1S/C16H14N2O4S/c17-11-12-6-8-14(9-7-12)23(21,22)18-15(10-16(19)20)13-4-2-1-3-5-13/h1-9,15,18H,10H2,(H,19,20). The van der Waals surface area contributed by atoms with E-state index in [2.05, 4.69) is 4.72 Å². The molecule has 0 aliphatic carbocycles. The first-order valence-electron chi connectivity index (χ1n) is 6.71. The maximum atomic E-state index is 12.4. The highest BCUT2D eigenvalue weighted by molar-refractivity contribution is 7.89. The number of hydrogen-bond acceptors (Lipinski definition) is 4. The first-order valence-corrected chi connectivity index (χ1v) is 8.20. The number of nitrogens with one attached hydrogen (secondary N) is 1. The van der Waals surface area contributed by atoms with Crippen molar-refractivity contribution in [2.45, 2.75) is 17.4 Å². The van der Waals surface area contributed by atoms with Gasteiger partial charge in [0.1, 0.15) is 0 Å². The van der Waals surface area contributed by atoms with E-state index < -0.39 is 22.0 Å². The van der Waals surface area contributed by atoms with Crippen LogP contribution in [-0.4, -0.2) is 19.5 Å². The van der Waals surface area contributed by atoms with Gasteiger partial charge < -0.3 is 5.11 Å². The summed E-state index contributed by atoms with van der Waals surface area (Å²) in [5, 5.41) is 17.8. The number of nitrogens with zero attached hydrogens (tertiary/aromatic N) is 1. The van der Waals surface area contributed by atoms with Crippen LogP contribution in [0, 0.1) is 11.3 Å². The lowest BCUT2D eigenvalue weighted by Crippen LogP contribution is -2.30. The summed E-state index contributed by atoms with van der Waals surface area (Å²) < 4.78 is 27.2. The smallest absolute Gasteiger partial charge is 0.305 e. The Balaban J connectivity index is 2.30. The molecule has 2 N–H and O–H groups in total.